The summed E-state index contributed by atoms with van der Waals surface area (Å²) in [6, 6.07) is 6.11. The van der Waals surface area contributed by atoms with Crippen LogP contribution in [0, 0.1) is 0 Å². The molecule has 14 heteroatoms. The van der Waals surface area contributed by atoms with E-state index in [1.807, 2.05) is 25.8 Å². The maximum Gasteiger partial charge on any atom is 0.406 e. The zero-order valence-electron chi connectivity index (χ0n) is 22.2. The molecule has 0 aliphatic carbocycles. The van der Waals surface area contributed by atoms with E-state index in [1.165, 1.54) is 6.07 Å². The quantitative estimate of drug-likeness (QED) is 0.307. The lowest BCUT2D eigenvalue weighted by Gasteiger charge is -2.33. The van der Waals surface area contributed by atoms with Crippen LogP contribution in [0.15, 0.2) is 41.3 Å². The van der Waals surface area contributed by atoms with Crippen molar-refractivity contribution in [2.45, 2.75) is 57.8 Å². The topological polar surface area (TPSA) is 106 Å². The van der Waals surface area contributed by atoms with Gasteiger partial charge in [-0.15, -0.1) is 0 Å². The number of rotatable bonds is 8. The second kappa shape index (κ2) is 10.9. The lowest BCUT2D eigenvalue weighted by Crippen LogP contribution is -2.46. The second-order valence-corrected chi connectivity index (χ2v) is 10.3. The van der Waals surface area contributed by atoms with Crippen molar-refractivity contribution in [1.82, 2.24) is 34.5 Å². The highest BCUT2D eigenvalue weighted by atomic mass is 19.4. The van der Waals surface area contributed by atoms with Crippen LogP contribution in [-0.4, -0.2) is 73.6 Å². The van der Waals surface area contributed by atoms with E-state index >= 15 is 0 Å². The normalized spacial score (nSPS) is 18.5. The number of piperidine rings is 1. The molecule has 5 rings (SSSR count). The van der Waals surface area contributed by atoms with Gasteiger partial charge >= 0.3 is 6.18 Å². The van der Waals surface area contributed by atoms with Crippen molar-refractivity contribution in [3.8, 4) is 11.5 Å². The Bertz CT molecular complexity index is 1490. The van der Waals surface area contributed by atoms with Crippen molar-refractivity contribution in [2.24, 2.45) is 0 Å². The van der Waals surface area contributed by atoms with Gasteiger partial charge in [-0.3, -0.25) is 4.79 Å². The standard InChI is InChI=1S/C26H30F4N8O2/c1-15(2)37-12-20(32-14-37)25(39)31-10-23-34-24(35-40-23)22-9-16-18(33-19-7-8-36(3)11-17(19)27)5-4-6-21(16)38(22)13-26(28,29)30/h4-6,9,12,14-15,17,19,33H,7-8,10-11,13H2,1-3H3,(H,31,39)/t17-,19+/m0/s1. The molecule has 3 aromatic heterocycles. The Morgan fingerprint density at radius 1 is 1.27 bits per heavy atom. The second-order valence-electron chi connectivity index (χ2n) is 10.3. The molecule has 4 heterocycles. The monoisotopic (exact) mass is 562 g/mol. The molecular formula is C26H30F4N8O2. The fourth-order valence-electron chi connectivity index (χ4n) is 4.78. The molecule has 0 saturated carbocycles. The third-order valence-corrected chi connectivity index (χ3v) is 6.90. The van der Waals surface area contributed by atoms with Crippen LogP contribution < -0.4 is 10.6 Å². The molecule has 0 unspecified atom stereocenters. The van der Waals surface area contributed by atoms with Crippen LogP contribution >= 0.6 is 0 Å². The fraction of sp³-hybridized carbons (Fsp3) is 0.462. The molecule has 0 radical (unpaired) electrons. The van der Waals surface area contributed by atoms with Crippen molar-refractivity contribution < 1.29 is 26.9 Å². The highest BCUT2D eigenvalue weighted by molar-refractivity contribution is 5.96. The van der Waals surface area contributed by atoms with Gasteiger partial charge in [0.25, 0.3) is 5.91 Å². The number of benzene rings is 1. The highest BCUT2D eigenvalue weighted by Crippen LogP contribution is 2.35. The van der Waals surface area contributed by atoms with Crippen LogP contribution in [0.25, 0.3) is 22.4 Å². The molecule has 214 valence electrons. The minimum absolute atomic E-state index is 0.0143. The number of hydrogen-bond donors (Lipinski definition) is 2. The Morgan fingerprint density at radius 3 is 2.77 bits per heavy atom. The Morgan fingerprint density at radius 2 is 2.08 bits per heavy atom. The number of halogens is 4. The molecule has 4 aromatic rings. The molecule has 1 fully saturated rings. The molecule has 1 aliphatic heterocycles. The van der Waals surface area contributed by atoms with Gasteiger partial charge < -0.3 is 29.2 Å². The van der Waals surface area contributed by atoms with E-state index in [2.05, 4.69) is 25.8 Å². The van der Waals surface area contributed by atoms with Crippen molar-refractivity contribution in [1.29, 1.82) is 0 Å². The summed E-state index contributed by atoms with van der Waals surface area (Å²) in [6.07, 6.45) is -1.94. The van der Waals surface area contributed by atoms with Crippen molar-refractivity contribution in [2.75, 3.05) is 25.5 Å². The number of nitrogens with zero attached hydrogens (tertiary/aromatic N) is 6. The Labute approximate surface area is 227 Å². The number of alkyl halides is 4. The summed E-state index contributed by atoms with van der Waals surface area (Å²) in [5.41, 5.74) is 1.10. The number of amides is 1. The van der Waals surface area contributed by atoms with E-state index in [9.17, 15) is 22.4 Å². The van der Waals surface area contributed by atoms with Crippen molar-refractivity contribution >= 4 is 22.5 Å². The van der Waals surface area contributed by atoms with Gasteiger partial charge in [0, 0.05) is 36.4 Å². The molecule has 10 nitrogen and oxygen atoms in total. The minimum atomic E-state index is -4.53. The molecule has 40 heavy (non-hydrogen) atoms. The number of carbonyl (C=O) groups excluding carboxylic acids is 1. The van der Waals surface area contributed by atoms with Gasteiger partial charge in [-0.05, 0) is 45.5 Å². The molecule has 1 aromatic carbocycles. The summed E-state index contributed by atoms with van der Waals surface area (Å²) in [5.74, 6) is -0.510. The summed E-state index contributed by atoms with van der Waals surface area (Å²) in [7, 11) is 1.85. The molecule has 1 aliphatic rings. The van der Waals surface area contributed by atoms with Gasteiger partial charge in [0.15, 0.2) is 0 Å². The van der Waals surface area contributed by atoms with E-state index in [0.29, 0.717) is 29.6 Å². The van der Waals surface area contributed by atoms with E-state index in [-0.39, 0.29) is 42.2 Å². The van der Waals surface area contributed by atoms with Gasteiger partial charge in [-0.1, -0.05) is 11.2 Å². The first-order chi connectivity index (χ1) is 19.0. The summed E-state index contributed by atoms with van der Waals surface area (Å²) < 4.78 is 63.7. The number of likely N-dealkylation sites (tertiary alicyclic amines) is 1. The Kier molecular flexibility index (Phi) is 7.53. The van der Waals surface area contributed by atoms with Gasteiger partial charge in [0.2, 0.25) is 11.7 Å². The first kappa shape index (κ1) is 27.6. The summed E-state index contributed by atoms with van der Waals surface area (Å²) >= 11 is 0. The molecule has 1 saturated heterocycles. The van der Waals surface area contributed by atoms with Gasteiger partial charge in [0.1, 0.15) is 18.4 Å². The van der Waals surface area contributed by atoms with Crippen molar-refractivity contribution in [3.63, 3.8) is 0 Å². The van der Waals surface area contributed by atoms with E-state index in [4.69, 9.17) is 4.52 Å². The number of fused-ring (bicyclic) bond motifs is 1. The van der Waals surface area contributed by atoms with Crippen LogP contribution in [0.5, 0.6) is 0 Å². The molecule has 1 amide bonds. The zero-order chi connectivity index (χ0) is 28.6. The number of nitrogens with one attached hydrogen (secondary N) is 2. The van der Waals surface area contributed by atoms with Gasteiger partial charge in [-0.25, -0.2) is 9.37 Å². The summed E-state index contributed by atoms with van der Waals surface area (Å²) in [5, 5.41) is 10.2. The Hall–Kier alpha value is -3.94. The fourth-order valence-corrected chi connectivity index (χ4v) is 4.78. The van der Waals surface area contributed by atoms with Crippen LogP contribution in [-0.2, 0) is 13.1 Å². The van der Waals surface area contributed by atoms with Crippen molar-refractivity contribution in [3.05, 3.63) is 48.4 Å². The third-order valence-electron chi connectivity index (χ3n) is 6.90. The first-order valence-corrected chi connectivity index (χ1v) is 12.9. The van der Waals surface area contributed by atoms with Crippen LogP contribution in [0.2, 0.25) is 0 Å². The maximum absolute atomic E-state index is 14.7. The smallest absolute Gasteiger partial charge is 0.379 e. The minimum Gasteiger partial charge on any atom is -0.379 e. The summed E-state index contributed by atoms with van der Waals surface area (Å²) in [6.45, 7) is 3.46. The average molecular weight is 563 g/mol. The van der Waals surface area contributed by atoms with Crippen LogP contribution in [0.3, 0.4) is 0 Å². The lowest BCUT2D eigenvalue weighted by molar-refractivity contribution is -0.139. The Balaban J connectivity index is 1.40. The number of imidazole rings is 1. The molecule has 0 spiro atoms. The van der Waals surface area contributed by atoms with E-state index < -0.39 is 30.8 Å². The number of carbonyl (C=O) groups is 1. The van der Waals surface area contributed by atoms with Gasteiger partial charge in [0.05, 0.1) is 30.1 Å². The van der Waals surface area contributed by atoms with E-state index in [0.717, 1.165) is 4.57 Å². The first-order valence-electron chi connectivity index (χ1n) is 12.9. The largest absolute Gasteiger partial charge is 0.406 e. The van der Waals surface area contributed by atoms with Crippen LogP contribution in [0.4, 0.5) is 23.2 Å². The molecule has 2 atom stereocenters. The van der Waals surface area contributed by atoms with Crippen LogP contribution in [0.1, 0.15) is 42.7 Å². The van der Waals surface area contributed by atoms with E-state index in [1.54, 1.807) is 35.3 Å². The molecule has 2 N–H and O–H groups in total. The average Bonchev–Trinajstić information content (AvgIpc) is 3.63. The number of hydrogen-bond acceptors (Lipinski definition) is 7. The highest BCUT2D eigenvalue weighted by Gasteiger charge is 2.32. The lowest BCUT2D eigenvalue weighted by atomic mass is 10.0. The summed E-state index contributed by atoms with van der Waals surface area (Å²) in [4.78, 5) is 22.7. The third kappa shape index (κ3) is 5.96. The number of anilines is 1. The zero-order valence-corrected chi connectivity index (χ0v) is 22.2. The van der Waals surface area contributed by atoms with Gasteiger partial charge in [-0.2, -0.15) is 18.2 Å². The maximum atomic E-state index is 14.7. The predicted molar refractivity (Wildman–Crippen MR) is 139 cm³/mol. The SMILES string of the molecule is CC(C)n1cnc(C(=O)NCc2nc(-c3cc4c(N[C@@H]5CCN(C)C[C@@H]5F)cccc4n3CC(F)(F)F)no2)c1. The predicted octanol–water partition coefficient (Wildman–Crippen LogP) is 4.42. The molecular weight excluding hydrogens is 532 g/mol. The molecule has 0 bridgehead atoms. The number of aromatic nitrogens is 5.